The van der Waals surface area contributed by atoms with E-state index in [-0.39, 0.29) is 5.91 Å². The standard InChI is InChI=1S/C17H15Cl2N3O/c1-11-9-21-8-4-7-16(17(21)20-11)22(12(2)23)10-13-14(18)5-3-6-15(13)19/h3-9H,10H2,1-2H3. The van der Waals surface area contributed by atoms with Gasteiger partial charge in [-0.3, -0.25) is 4.79 Å². The fourth-order valence-corrected chi connectivity index (χ4v) is 3.06. The van der Waals surface area contributed by atoms with Gasteiger partial charge in [-0.2, -0.15) is 0 Å². The highest BCUT2D eigenvalue weighted by atomic mass is 35.5. The molecule has 0 aliphatic heterocycles. The molecular weight excluding hydrogens is 333 g/mol. The van der Waals surface area contributed by atoms with Gasteiger partial charge < -0.3 is 9.30 Å². The van der Waals surface area contributed by atoms with Crippen LogP contribution in [0.25, 0.3) is 5.65 Å². The molecule has 23 heavy (non-hydrogen) atoms. The first-order chi connectivity index (χ1) is 11.0. The van der Waals surface area contributed by atoms with Gasteiger partial charge in [0.2, 0.25) is 5.91 Å². The Morgan fingerprint density at radius 2 is 1.91 bits per heavy atom. The van der Waals surface area contributed by atoms with Crippen molar-refractivity contribution in [2.24, 2.45) is 0 Å². The SMILES string of the molecule is CC(=O)N(Cc1c(Cl)cccc1Cl)c1cccn2cc(C)nc12. The van der Waals surface area contributed by atoms with Crippen molar-refractivity contribution in [1.82, 2.24) is 9.38 Å². The van der Waals surface area contributed by atoms with Crippen molar-refractivity contribution in [2.45, 2.75) is 20.4 Å². The molecule has 2 heterocycles. The van der Waals surface area contributed by atoms with Crippen molar-refractivity contribution < 1.29 is 4.79 Å². The zero-order valence-electron chi connectivity index (χ0n) is 12.8. The summed E-state index contributed by atoms with van der Waals surface area (Å²) in [7, 11) is 0. The number of hydrogen-bond acceptors (Lipinski definition) is 2. The third kappa shape index (κ3) is 3.05. The van der Waals surface area contributed by atoms with E-state index in [2.05, 4.69) is 4.98 Å². The molecule has 3 aromatic rings. The molecule has 1 amide bonds. The third-order valence-electron chi connectivity index (χ3n) is 3.63. The van der Waals surface area contributed by atoms with E-state index < -0.39 is 0 Å². The summed E-state index contributed by atoms with van der Waals surface area (Å²) in [6.45, 7) is 3.73. The van der Waals surface area contributed by atoms with Crippen molar-refractivity contribution in [3.8, 4) is 0 Å². The van der Waals surface area contributed by atoms with E-state index in [4.69, 9.17) is 23.2 Å². The number of anilines is 1. The van der Waals surface area contributed by atoms with Crippen molar-refractivity contribution in [2.75, 3.05) is 4.90 Å². The van der Waals surface area contributed by atoms with E-state index in [0.29, 0.717) is 16.6 Å². The number of hydrogen-bond donors (Lipinski definition) is 0. The van der Waals surface area contributed by atoms with Crippen LogP contribution in [0.3, 0.4) is 0 Å². The third-order valence-corrected chi connectivity index (χ3v) is 4.34. The number of fused-ring (bicyclic) bond motifs is 1. The first kappa shape index (κ1) is 15.8. The molecule has 0 bridgehead atoms. The summed E-state index contributed by atoms with van der Waals surface area (Å²) in [4.78, 5) is 18.4. The number of imidazole rings is 1. The molecule has 0 saturated heterocycles. The molecule has 0 N–H and O–H groups in total. The quantitative estimate of drug-likeness (QED) is 0.699. The van der Waals surface area contributed by atoms with Crippen LogP contribution in [0.4, 0.5) is 5.69 Å². The minimum absolute atomic E-state index is 0.102. The Morgan fingerprint density at radius 1 is 1.22 bits per heavy atom. The second-order valence-corrected chi connectivity index (χ2v) is 6.13. The number of aromatic nitrogens is 2. The van der Waals surface area contributed by atoms with E-state index in [1.165, 1.54) is 6.92 Å². The van der Waals surface area contributed by atoms with Gasteiger partial charge in [-0.25, -0.2) is 4.98 Å². The summed E-state index contributed by atoms with van der Waals surface area (Å²) in [6.07, 6.45) is 3.82. The predicted molar refractivity (Wildman–Crippen MR) is 93.3 cm³/mol. The zero-order chi connectivity index (χ0) is 16.6. The average Bonchev–Trinajstić information content (AvgIpc) is 2.87. The van der Waals surface area contributed by atoms with Crippen molar-refractivity contribution in [1.29, 1.82) is 0 Å². The predicted octanol–water partition coefficient (Wildman–Crippen LogP) is 4.50. The molecule has 1 aromatic carbocycles. The molecular formula is C17H15Cl2N3O. The number of pyridine rings is 1. The normalized spacial score (nSPS) is 11.0. The topological polar surface area (TPSA) is 37.6 Å². The first-order valence-electron chi connectivity index (χ1n) is 7.12. The van der Waals surface area contributed by atoms with Crippen LogP contribution < -0.4 is 4.90 Å². The van der Waals surface area contributed by atoms with E-state index in [9.17, 15) is 4.79 Å². The van der Waals surface area contributed by atoms with E-state index in [1.807, 2.05) is 35.9 Å². The van der Waals surface area contributed by atoms with Gasteiger partial charge in [0, 0.05) is 34.9 Å². The lowest BCUT2D eigenvalue weighted by Crippen LogP contribution is -2.28. The lowest BCUT2D eigenvalue weighted by atomic mass is 10.2. The fraction of sp³-hybridized carbons (Fsp3) is 0.176. The van der Waals surface area contributed by atoms with Crippen LogP contribution in [0.1, 0.15) is 18.2 Å². The van der Waals surface area contributed by atoms with Crippen LogP contribution in [0.2, 0.25) is 10.0 Å². The maximum absolute atomic E-state index is 12.2. The Kier molecular flexibility index (Phi) is 4.28. The Morgan fingerprint density at radius 3 is 2.57 bits per heavy atom. The molecule has 0 unspecified atom stereocenters. The molecule has 0 fully saturated rings. The van der Waals surface area contributed by atoms with Gasteiger partial charge in [0.15, 0.2) is 5.65 Å². The number of amides is 1. The number of rotatable bonds is 3. The summed E-state index contributed by atoms with van der Waals surface area (Å²) in [6, 6.07) is 9.06. The van der Waals surface area contributed by atoms with Crippen LogP contribution in [-0.2, 0) is 11.3 Å². The Bertz CT molecular complexity index is 868. The minimum Gasteiger partial charge on any atom is -0.305 e. The number of nitrogens with zero attached hydrogens (tertiary/aromatic N) is 3. The molecule has 2 aromatic heterocycles. The summed E-state index contributed by atoms with van der Waals surface area (Å²) in [5, 5.41) is 1.07. The number of benzene rings is 1. The van der Waals surface area contributed by atoms with Crippen molar-refractivity contribution in [3.05, 3.63) is 64.0 Å². The Labute approximate surface area is 144 Å². The van der Waals surface area contributed by atoms with Crippen LogP contribution in [0, 0.1) is 6.92 Å². The highest BCUT2D eigenvalue weighted by Crippen LogP contribution is 2.29. The Hall–Kier alpha value is -2.04. The van der Waals surface area contributed by atoms with Crippen LogP contribution >= 0.6 is 23.2 Å². The van der Waals surface area contributed by atoms with Crippen molar-refractivity contribution >= 4 is 40.4 Å². The lowest BCUT2D eigenvalue weighted by Gasteiger charge is -2.23. The summed E-state index contributed by atoms with van der Waals surface area (Å²) >= 11 is 12.5. The molecule has 0 atom stereocenters. The fourth-order valence-electron chi connectivity index (χ4n) is 2.54. The van der Waals surface area contributed by atoms with E-state index in [0.717, 1.165) is 22.6 Å². The number of aryl methyl sites for hydroxylation is 1. The molecule has 0 radical (unpaired) electrons. The minimum atomic E-state index is -0.102. The largest absolute Gasteiger partial charge is 0.305 e. The molecule has 0 spiro atoms. The van der Waals surface area contributed by atoms with Gasteiger partial charge in [-0.05, 0) is 31.2 Å². The van der Waals surface area contributed by atoms with Crippen LogP contribution in [-0.4, -0.2) is 15.3 Å². The smallest absolute Gasteiger partial charge is 0.224 e. The lowest BCUT2D eigenvalue weighted by molar-refractivity contribution is -0.116. The molecule has 0 aliphatic carbocycles. The number of carbonyl (C=O) groups excluding carboxylic acids is 1. The van der Waals surface area contributed by atoms with Gasteiger partial charge in [0.1, 0.15) is 0 Å². The molecule has 118 valence electrons. The maximum Gasteiger partial charge on any atom is 0.224 e. The summed E-state index contributed by atoms with van der Waals surface area (Å²) in [5.41, 5.74) is 3.06. The van der Waals surface area contributed by atoms with Crippen LogP contribution in [0.15, 0.2) is 42.7 Å². The molecule has 4 nitrogen and oxygen atoms in total. The van der Waals surface area contributed by atoms with E-state index in [1.54, 1.807) is 23.1 Å². The number of carbonyl (C=O) groups is 1. The average molecular weight is 348 g/mol. The Balaban J connectivity index is 2.10. The monoisotopic (exact) mass is 347 g/mol. The second kappa shape index (κ2) is 6.22. The first-order valence-corrected chi connectivity index (χ1v) is 7.88. The van der Waals surface area contributed by atoms with Gasteiger partial charge in [0.05, 0.1) is 17.9 Å². The molecule has 0 saturated carbocycles. The summed E-state index contributed by atoms with van der Waals surface area (Å²) < 4.78 is 1.90. The van der Waals surface area contributed by atoms with Gasteiger partial charge in [-0.15, -0.1) is 0 Å². The molecule has 6 heteroatoms. The highest BCUT2D eigenvalue weighted by molar-refractivity contribution is 6.36. The summed E-state index contributed by atoms with van der Waals surface area (Å²) in [5.74, 6) is -0.102. The van der Waals surface area contributed by atoms with Gasteiger partial charge in [0.25, 0.3) is 0 Å². The highest BCUT2D eigenvalue weighted by Gasteiger charge is 2.19. The van der Waals surface area contributed by atoms with Gasteiger partial charge >= 0.3 is 0 Å². The second-order valence-electron chi connectivity index (χ2n) is 5.31. The maximum atomic E-state index is 12.2. The van der Waals surface area contributed by atoms with Crippen molar-refractivity contribution in [3.63, 3.8) is 0 Å². The molecule has 0 aliphatic rings. The molecule has 3 rings (SSSR count). The van der Waals surface area contributed by atoms with Crippen LogP contribution in [0.5, 0.6) is 0 Å². The van der Waals surface area contributed by atoms with E-state index >= 15 is 0 Å². The van der Waals surface area contributed by atoms with Gasteiger partial charge in [-0.1, -0.05) is 29.3 Å². The number of halogens is 2. The zero-order valence-corrected chi connectivity index (χ0v) is 14.3.